The molecular formula is C18H27NO5S. The average Bonchev–Trinajstić information content (AvgIpc) is 3.15. The zero-order chi connectivity index (χ0) is 18.1. The number of allylic oxidation sites excluding steroid dienone is 1. The third-order valence-corrected chi connectivity index (χ3v) is 5.07. The number of amides is 1. The average molecular weight is 369 g/mol. The Balaban J connectivity index is 2.23. The quantitative estimate of drug-likeness (QED) is 0.619. The van der Waals surface area contributed by atoms with Crippen LogP contribution in [-0.4, -0.2) is 50.8 Å². The van der Waals surface area contributed by atoms with Crippen molar-refractivity contribution in [3.8, 4) is 0 Å². The van der Waals surface area contributed by atoms with Crippen LogP contribution in [0.15, 0.2) is 29.3 Å². The highest BCUT2D eigenvalue weighted by atomic mass is 32.1. The number of hydrogen-bond donors (Lipinski definition) is 2. The van der Waals surface area contributed by atoms with E-state index in [2.05, 4.69) is 11.4 Å². The van der Waals surface area contributed by atoms with Crippen molar-refractivity contribution in [1.82, 2.24) is 5.32 Å². The van der Waals surface area contributed by atoms with Crippen molar-refractivity contribution in [2.45, 2.75) is 32.0 Å². The normalized spacial score (nSPS) is 23.0. The van der Waals surface area contributed by atoms with E-state index in [1.807, 2.05) is 24.4 Å². The summed E-state index contributed by atoms with van der Waals surface area (Å²) in [6.07, 6.45) is 2.81. The molecule has 2 rings (SSSR count). The molecule has 0 saturated heterocycles. The van der Waals surface area contributed by atoms with Crippen molar-refractivity contribution in [3.05, 3.63) is 34.2 Å². The van der Waals surface area contributed by atoms with Gasteiger partial charge in [0.05, 0.1) is 6.61 Å². The van der Waals surface area contributed by atoms with Gasteiger partial charge < -0.3 is 24.6 Å². The number of methoxy groups -OCH3 is 1. The van der Waals surface area contributed by atoms with Crippen LogP contribution in [0.3, 0.4) is 0 Å². The summed E-state index contributed by atoms with van der Waals surface area (Å²) in [5.41, 5.74) is 0. The Morgan fingerprint density at radius 2 is 2.32 bits per heavy atom. The van der Waals surface area contributed by atoms with Gasteiger partial charge in [-0.05, 0) is 37.3 Å². The summed E-state index contributed by atoms with van der Waals surface area (Å²) < 4.78 is 16.6. The van der Waals surface area contributed by atoms with Crippen molar-refractivity contribution in [3.63, 3.8) is 0 Å². The van der Waals surface area contributed by atoms with Gasteiger partial charge in [-0.15, -0.1) is 11.3 Å². The SMILES string of the molecule is CCO[C@@H]1OC(C(=O)NCCOC)=C[C@H](c2cccs2)[C@@H]1CCCO. The maximum atomic E-state index is 12.4. The van der Waals surface area contributed by atoms with Crippen molar-refractivity contribution < 1.29 is 24.1 Å². The molecule has 140 valence electrons. The van der Waals surface area contributed by atoms with Crippen LogP contribution in [0.2, 0.25) is 0 Å². The predicted molar refractivity (Wildman–Crippen MR) is 96.3 cm³/mol. The molecule has 1 aliphatic heterocycles. The molecular weight excluding hydrogens is 342 g/mol. The monoisotopic (exact) mass is 369 g/mol. The second kappa shape index (κ2) is 10.6. The second-order valence-corrected chi connectivity index (χ2v) is 6.77. The minimum Gasteiger partial charge on any atom is -0.459 e. The third kappa shape index (κ3) is 5.54. The molecule has 0 saturated carbocycles. The first-order valence-electron chi connectivity index (χ1n) is 8.62. The molecule has 6 nitrogen and oxygen atoms in total. The van der Waals surface area contributed by atoms with E-state index in [1.165, 1.54) is 0 Å². The number of nitrogens with one attached hydrogen (secondary N) is 1. The number of aliphatic hydroxyl groups is 1. The molecule has 1 aromatic rings. The van der Waals surface area contributed by atoms with E-state index in [9.17, 15) is 9.90 Å². The lowest BCUT2D eigenvalue weighted by molar-refractivity contribution is -0.166. The van der Waals surface area contributed by atoms with E-state index in [1.54, 1.807) is 18.4 Å². The molecule has 0 bridgehead atoms. The lowest BCUT2D eigenvalue weighted by atomic mass is 9.84. The smallest absolute Gasteiger partial charge is 0.286 e. The summed E-state index contributed by atoms with van der Waals surface area (Å²) in [5.74, 6) is 0.110. The van der Waals surface area contributed by atoms with Gasteiger partial charge in [-0.1, -0.05) is 6.07 Å². The second-order valence-electron chi connectivity index (χ2n) is 5.79. The van der Waals surface area contributed by atoms with Crippen molar-refractivity contribution in [2.24, 2.45) is 5.92 Å². The fourth-order valence-electron chi connectivity index (χ4n) is 2.93. The zero-order valence-electron chi connectivity index (χ0n) is 14.8. The highest BCUT2D eigenvalue weighted by Crippen LogP contribution is 2.40. The predicted octanol–water partition coefficient (Wildman–Crippen LogP) is 2.26. The standard InChI is InChI=1S/C18H27NO5S/c1-3-23-18-13(6-4-9-20)14(16-7-5-11-25-16)12-15(24-18)17(21)19-8-10-22-2/h5,7,11-14,18,20H,3-4,6,8-10H2,1-2H3,(H,19,21)/t13-,14-,18+/m0/s1. The van der Waals surface area contributed by atoms with E-state index < -0.39 is 6.29 Å². The van der Waals surface area contributed by atoms with Gasteiger partial charge in [0.15, 0.2) is 5.76 Å². The number of hydrogen-bond acceptors (Lipinski definition) is 6. The lowest BCUT2D eigenvalue weighted by Crippen LogP contribution is -2.39. The summed E-state index contributed by atoms with van der Waals surface area (Å²) in [7, 11) is 1.59. The fourth-order valence-corrected chi connectivity index (χ4v) is 3.80. The van der Waals surface area contributed by atoms with Gasteiger partial charge in [-0.25, -0.2) is 0 Å². The minimum absolute atomic E-state index is 0.0278. The Morgan fingerprint density at radius 1 is 1.48 bits per heavy atom. The van der Waals surface area contributed by atoms with Crippen LogP contribution in [0.1, 0.15) is 30.6 Å². The van der Waals surface area contributed by atoms with Crippen LogP contribution < -0.4 is 5.32 Å². The van der Waals surface area contributed by atoms with E-state index in [-0.39, 0.29) is 30.1 Å². The van der Waals surface area contributed by atoms with E-state index >= 15 is 0 Å². The Labute approximate surface area is 152 Å². The highest BCUT2D eigenvalue weighted by molar-refractivity contribution is 7.10. The summed E-state index contributed by atoms with van der Waals surface area (Å²) in [6.45, 7) is 3.40. The van der Waals surface area contributed by atoms with E-state index in [0.29, 0.717) is 26.2 Å². The van der Waals surface area contributed by atoms with Gasteiger partial charge in [-0.2, -0.15) is 0 Å². The van der Waals surface area contributed by atoms with Crippen LogP contribution in [0.5, 0.6) is 0 Å². The van der Waals surface area contributed by atoms with Crippen LogP contribution in [0.25, 0.3) is 0 Å². The Morgan fingerprint density at radius 3 is 2.96 bits per heavy atom. The Hall–Kier alpha value is -1.41. The number of rotatable bonds is 10. The molecule has 2 heterocycles. The topological polar surface area (TPSA) is 77.0 Å². The van der Waals surface area contributed by atoms with Gasteiger partial charge in [0, 0.05) is 43.6 Å². The van der Waals surface area contributed by atoms with Gasteiger partial charge in [0.2, 0.25) is 6.29 Å². The number of ether oxygens (including phenoxy) is 3. The van der Waals surface area contributed by atoms with Crippen molar-refractivity contribution >= 4 is 17.2 Å². The number of carbonyl (C=O) groups excluding carboxylic acids is 1. The molecule has 2 N–H and O–H groups in total. The molecule has 0 radical (unpaired) electrons. The van der Waals surface area contributed by atoms with Gasteiger partial charge >= 0.3 is 0 Å². The maximum Gasteiger partial charge on any atom is 0.286 e. The summed E-state index contributed by atoms with van der Waals surface area (Å²) in [4.78, 5) is 13.6. The van der Waals surface area contributed by atoms with Crippen LogP contribution >= 0.6 is 11.3 Å². The number of aliphatic hydroxyl groups excluding tert-OH is 1. The Bertz CT molecular complexity index is 546. The molecule has 0 spiro atoms. The van der Waals surface area contributed by atoms with Crippen molar-refractivity contribution in [2.75, 3.05) is 33.5 Å². The lowest BCUT2D eigenvalue weighted by Gasteiger charge is -2.36. The number of carbonyl (C=O) groups is 1. The van der Waals surface area contributed by atoms with E-state index in [4.69, 9.17) is 14.2 Å². The van der Waals surface area contributed by atoms with Crippen LogP contribution in [0.4, 0.5) is 0 Å². The maximum absolute atomic E-state index is 12.4. The molecule has 1 amide bonds. The van der Waals surface area contributed by atoms with Crippen LogP contribution in [0, 0.1) is 5.92 Å². The first-order valence-corrected chi connectivity index (χ1v) is 9.50. The molecule has 1 aromatic heterocycles. The van der Waals surface area contributed by atoms with Gasteiger partial charge in [0.25, 0.3) is 5.91 Å². The molecule has 0 unspecified atom stereocenters. The zero-order valence-corrected chi connectivity index (χ0v) is 15.6. The minimum atomic E-state index is -0.503. The molecule has 7 heteroatoms. The fraction of sp³-hybridized carbons (Fsp3) is 0.611. The highest BCUT2D eigenvalue weighted by Gasteiger charge is 2.38. The number of thiophene rings is 1. The molecule has 0 fully saturated rings. The molecule has 3 atom stereocenters. The molecule has 1 aliphatic rings. The molecule has 25 heavy (non-hydrogen) atoms. The van der Waals surface area contributed by atoms with Crippen molar-refractivity contribution in [1.29, 1.82) is 0 Å². The van der Waals surface area contributed by atoms with Gasteiger partial charge in [-0.3, -0.25) is 4.79 Å². The first-order chi connectivity index (χ1) is 12.2. The third-order valence-electron chi connectivity index (χ3n) is 4.10. The summed E-state index contributed by atoms with van der Waals surface area (Å²) >= 11 is 1.65. The van der Waals surface area contributed by atoms with Gasteiger partial charge in [0.1, 0.15) is 0 Å². The molecule has 0 aliphatic carbocycles. The summed E-state index contributed by atoms with van der Waals surface area (Å²) in [5, 5.41) is 14.0. The molecule has 0 aromatic carbocycles. The van der Waals surface area contributed by atoms with E-state index in [0.717, 1.165) is 11.3 Å². The Kier molecular flexibility index (Phi) is 8.40. The first kappa shape index (κ1) is 19.9. The largest absolute Gasteiger partial charge is 0.459 e. The van der Waals surface area contributed by atoms with Crippen LogP contribution in [-0.2, 0) is 19.0 Å². The summed E-state index contributed by atoms with van der Waals surface area (Å²) in [6, 6.07) is 4.06.